The number of fused-ring (bicyclic) bond motifs is 1. The van der Waals surface area contributed by atoms with Gasteiger partial charge >= 0.3 is 0 Å². The van der Waals surface area contributed by atoms with E-state index in [9.17, 15) is 4.79 Å². The van der Waals surface area contributed by atoms with Crippen LogP contribution in [0, 0.1) is 0 Å². The summed E-state index contributed by atoms with van der Waals surface area (Å²) in [5.74, 6) is 0.156. The number of thiophene rings is 1. The van der Waals surface area contributed by atoms with E-state index < -0.39 is 0 Å². The fraction of sp³-hybridized carbons (Fsp3) is 0.500. The molecule has 1 aliphatic rings. The van der Waals surface area contributed by atoms with Gasteiger partial charge in [0.05, 0.1) is 14.6 Å². The van der Waals surface area contributed by atoms with Crippen molar-refractivity contribution in [1.82, 2.24) is 9.47 Å². The quantitative estimate of drug-likeness (QED) is 0.783. The molecule has 0 atom stereocenters. The lowest BCUT2D eigenvalue weighted by molar-refractivity contribution is 0.0752. The molecule has 3 rings (SSSR count). The molecule has 5 heteroatoms. The lowest BCUT2D eigenvalue weighted by atomic mass is 10.2. The second-order valence-electron chi connectivity index (χ2n) is 5.10. The van der Waals surface area contributed by atoms with Crippen LogP contribution < -0.4 is 0 Å². The minimum absolute atomic E-state index is 0.156. The van der Waals surface area contributed by atoms with Gasteiger partial charge in [-0.3, -0.25) is 4.79 Å². The zero-order valence-corrected chi connectivity index (χ0v) is 12.6. The molecular formula is C14H17ClN2OS. The van der Waals surface area contributed by atoms with Crippen LogP contribution in [0.2, 0.25) is 4.34 Å². The molecule has 1 aliphatic heterocycles. The van der Waals surface area contributed by atoms with Gasteiger partial charge in [0.2, 0.25) is 0 Å². The van der Waals surface area contributed by atoms with E-state index >= 15 is 0 Å². The van der Waals surface area contributed by atoms with Gasteiger partial charge in [-0.25, -0.2) is 0 Å². The predicted octanol–water partition coefficient (Wildman–Crippen LogP) is 3.91. The summed E-state index contributed by atoms with van der Waals surface area (Å²) < 4.78 is 3.82. The number of halogens is 1. The first kappa shape index (κ1) is 13.0. The Kier molecular flexibility index (Phi) is 3.54. The SMILES string of the molecule is Cn1c(C(=O)N2CCCCCC2)cc2sc(Cl)cc21. The average molecular weight is 297 g/mol. The smallest absolute Gasteiger partial charge is 0.270 e. The van der Waals surface area contributed by atoms with Crippen molar-refractivity contribution in [3.63, 3.8) is 0 Å². The summed E-state index contributed by atoms with van der Waals surface area (Å²) >= 11 is 7.54. The fourth-order valence-corrected chi connectivity index (χ4v) is 3.93. The van der Waals surface area contributed by atoms with E-state index in [4.69, 9.17) is 11.6 Å². The second kappa shape index (κ2) is 5.17. The Bertz CT molecular complexity index is 608. The fourth-order valence-electron chi connectivity index (χ4n) is 2.72. The van der Waals surface area contributed by atoms with E-state index in [2.05, 4.69) is 0 Å². The van der Waals surface area contributed by atoms with E-state index in [0.29, 0.717) is 0 Å². The molecule has 1 fully saturated rings. The summed E-state index contributed by atoms with van der Waals surface area (Å²) in [5.41, 5.74) is 1.83. The molecule has 3 heterocycles. The van der Waals surface area contributed by atoms with Crippen LogP contribution in [0.15, 0.2) is 12.1 Å². The zero-order chi connectivity index (χ0) is 13.4. The first-order valence-corrected chi connectivity index (χ1v) is 7.90. The molecule has 0 unspecified atom stereocenters. The molecule has 0 spiro atoms. The molecule has 0 aliphatic carbocycles. The molecule has 19 heavy (non-hydrogen) atoms. The summed E-state index contributed by atoms with van der Waals surface area (Å²) in [7, 11) is 1.94. The van der Waals surface area contributed by atoms with E-state index in [0.717, 1.165) is 46.2 Å². The predicted molar refractivity (Wildman–Crippen MR) is 80.2 cm³/mol. The van der Waals surface area contributed by atoms with Crippen molar-refractivity contribution in [2.24, 2.45) is 7.05 Å². The van der Waals surface area contributed by atoms with E-state index in [1.807, 2.05) is 28.6 Å². The molecule has 3 nitrogen and oxygen atoms in total. The number of amides is 1. The second-order valence-corrected chi connectivity index (χ2v) is 6.81. The Balaban J connectivity index is 1.92. The van der Waals surface area contributed by atoms with Crippen molar-refractivity contribution in [1.29, 1.82) is 0 Å². The molecule has 2 aromatic heterocycles. The maximum absolute atomic E-state index is 12.6. The van der Waals surface area contributed by atoms with Crippen LogP contribution in [0.5, 0.6) is 0 Å². The van der Waals surface area contributed by atoms with E-state index in [1.165, 1.54) is 24.2 Å². The third kappa shape index (κ3) is 2.39. The molecule has 1 saturated heterocycles. The van der Waals surface area contributed by atoms with Gasteiger partial charge in [0.1, 0.15) is 5.69 Å². The molecular weight excluding hydrogens is 280 g/mol. The van der Waals surface area contributed by atoms with Crippen LogP contribution in [0.3, 0.4) is 0 Å². The number of aromatic nitrogens is 1. The van der Waals surface area contributed by atoms with Gasteiger partial charge in [0, 0.05) is 20.1 Å². The van der Waals surface area contributed by atoms with Crippen LogP contribution in [0.1, 0.15) is 36.2 Å². The van der Waals surface area contributed by atoms with Crippen molar-refractivity contribution in [2.45, 2.75) is 25.7 Å². The number of hydrogen-bond donors (Lipinski definition) is 0. The first-order chi connectivity index (χ1) is 9.16. The molecule has 2 aromatic rings. The molecule has 0 radical (unpaired) electrons. The van der Waals surface area contributed by atoms with Crippen molar-refractivity contribution in [2.75, 3.05) is 13.1 Å². The molecule has 0 aromatic carbocycles. The Hall–Kier alpha value is -1.00. The van der Waals surface area contributed by atoms with Crippen molar-refractivity contribution in [3.05, 3.63) is 22.2 Å². The zero-order valence-electron chi connectivity index (χ0n) is 11.0. The van der Waals surface area contributed by atoms with Crippen LogP contribution in [0.25, 0.3) is 10.2 Å². The Labute approximate surface area is 121 Å². The third-order valence-corrected chi connectivity index (χ3v) is 5.01. The number of aryl methyl sites for hydroxylation is 1. The minimum Gasteiger partial charge on any atom is -0.339 e. The number of hydrogen-bond acceptors (Lipinski definition) is 2. The highest BCUT2D eigenvalue weighted by atomic mass is 35.5. The topological polar surface area (TPSA) is 25.2 Å². The lowest BCUT2D eigenvalue weighted by Gasteiger charge is -2.20. The van der Waals surface area contributed by atoms with Gasteiger partial charge in [0.25, 0.3) is 5.91 Å². The number of rotatable bonds is 1. The van der Waals surface area contributed by atoms with Gasteiger partial charge < -0.3 is 9.47 Å². The van der Waals surface area contributed by atoms with Gasteiger partial charge in [-0.2, -0.15) is 0 Å². The van der Waals surface area contributed by atoms with Crippen molar-refractivity contribution < 1.29 is 4.79 Å². The van der Waals surface area contributed by atoms with Crippen LogP contribution in [-0.4, -0.2) is 28.5 Å². The molecule has 0 saturated carbocycles. The highest BCUT2D eigenvalue weighted by molar-refractivity contribution is 7.22. The third-order valence-electron chi connectivity index (χ3n) is 3.81. The number of carbonyl (C=O) groups excluding carboxylic acids is 1. The molecule has 1 amide bonds. The maximum atomic E-state index is 12.6. The van der Waals surface area contributed by atoms with E-state index in [1.54, 1.807) is 0 Å². The highest BCUT2D eigenvalue weighted by Crippen LogP contribution is 2.32. The summed E-state index contributed by atoms with van der Waals surface area (Å²) in [6.07, 6.45) is 4.72. The van der Waals surface area contributed by atoms with Crippen LogP contribution in [0.4, 0.5) is 0 Å². The monoisotopic (exact) mass is 296 g/mol. The standard InChI is InChI=1S/C14H17ClN2OS/c1-16-10-9-13(15)19-12(10)8-11(16)14(18)17-6-4-2-3-5-7-17/h8-9H,2-7H2,1H3. The van der Waals surface area contributed by atoms with Crippen molar-refractivity contribution >= 4 is 39.1 Å². The summed E-state index contributed by atoms with van der Waals surface area (Å²) in [6, 6.07) is 3.90. The molecule has 102 valence electrons. The van der Waals surface area contributed by atoms with Gasteiger partial charge in [-0.15, -0.1) is 11.3 Å². The lowest BCUT2D eigenvalue weighted by Crippen LogP contribution is -2.33. The maximum Gasteiger partial charge on any atom is 0.270 e. The Morgan fingerprint density at radius 3 is 2.53 bits per heavy atom. The normalized spacial score (nSPS) is 16.8. The van der Waals surface area contributed by atoms with Crippen molar-refractivity contribution in [3.8, 4) is 0 Å². The summed E-state index contributed by atoms with van der Waals surface area (Å²) in [6.45, 7) is 1.77. The van der Waals surface area contributed by atoms with E-state index in [-0.39, 0.29) is 5.91 Å². The largest absolute Gasteiger partial charge is 0.339 e. The summed E-state index contributed by atoms with van der Waals surface area (Å²) in [4.78, 5) is 14.6. The Morgan fingerprint density at radius 2 is 1.89 bits per heavy atom. The first-order valence-electron chi connectivity index (χ1n) is 6.71. The highest BCUT2D eigenvalue weighted by Gasteiger charge is 2.21. The summed E-state index contributed by atoms with van der Waals surface area (Å²) in [5, 5.41) is 0. The minimum atomic E-state index is 0.156. The average Bonchev–Trinajstić information content (AvgIpc) is 2.75. The van der Waals surface area contributed by atoms with Gasteiger partial charge in [-0.1, -0.05) is 24.4 Å². The number of likely N-dealkylation sites (tertiary alicyclic amines) is 1. The van der Waals surface area contributed by atoms with Gasteiger partial charge in [0.15, 0.2) is 0 Å². The molecule has 0 N–H and O–H groups in total. The van der Waals surface area contributed by atoms with Crippen LogP contribution >= 0.6 is 22.9 Å². The Morgan fingerprint density at radius 1 is 1.21 bits per heavy atom. The molecule has 0 bridgehead atoms. The van der Waals surface area contributed by atoms with Gasteiger partial charge in [-0.05, 0) is 25.0 Å². The van der Waals surface area contributed by atoms with Crippen LogP contribution in [-0.2, 0) is 7.05 Å². The number of carbonyl (C=O) groups is 1. The number of nitrogens with zero attached hydrogens (tertiary/aromatic N) is 2.